The standard InChI is InChI=1S/C35H41NO7/c1-34(2)16-24-31(26(37)18-34)30(32-25(36(24)13-14-41-5)17-35(3,4)19-27(32)38)23-11-12-28(29(15-23)42-6)43-20-21-7-9-22(10-8-21)33(39)40/h7-12,15,30H,13-14,16-20H2,1-6H3,(H,39,40). The van der Waals surface area contributed by atoms with E-state index in [0.29, 0.717) is 48.6 Å². The van der Waals surface area contributed by atoms with E-state index in [1.54, 1.807) is 38.5 Å². The molecule has 0 saturated heterocycles. The van der Waals surface area contributed by atoms with Crippen molar-refractivity contribution in [1.82, 2.24) is 4.90 Å². The van der Waals surface area contributed by atoms with Gasteiger partial charge < -0.3 is 24.2 Å². The summed E-state index contributed by atoms with van der Waals surface area (Å²) in [6.45, 7) is 9.80. The van der Waals surface area contributed by atoms with Gasteiger partial charge in [-0.3, -0.25) is 9.59 Å². The van der Waals surface area contributed by atoms with Crippen molar-refractivity contribution in [2.45, 2.75) is 65.9 Å². The van der Waals surface area contributed by atoms with Gasteiger partial charge >= 0.3 is 5.97 Å². The second-order valence-electron chi connectivity index (χ2n) is 13.4. The number of carbonyl (C=O) groups excluding carboxylic acids is 2. The quantitative estimate of drug-likeness (QED) is 0.365. The number of allylic oxidation sites excluding steroid dienone is 4. The van der Waals surface area contributed by atoms with E-state index in [4.69, 9.17) is 19.3 Å². The van der Waals surface area contributed by atoms with Gasteiger partial charge in [0, 0.05) is 55.0 Å². The van der Waals surface area contributed by atoms with Crippen molar-refractivity contribution in [3.8, 4) is 11.5 Å². The van der Waals surface area contributed by atoms with Crippen LogP contribution in [0.1, 0.15) is 80.8 Å². The Morgan fingerprint density at radius 1 is 0.860 bits per heavy atom. The van der Waals surface area contributed by atoms with Crippen LogP contribution in [-0.2, 0) is 20.9 Å². The maximum absolute atomic E-state index is 14.0. The molecule has 8 nitrogen and oxygen atoms in total. The normalized spacial score (nSPS) is 19.7. The van der Waals surface area contributed by atoms with Crippen LogP contribution in [0.25, 0.3) is 0 Å². The predicted octanol–water partition coefficient (Wildman–Crippen LogP) is 6.30. The Labute approximate surface area is 253 Å². The molecular formula is C35H41NO7. The van der Waals surface area contributed by atoms with Crippen molar-refractivity contribution in [3.05, 3.63) is 81.7 Å². The summed E-state index contributed by atoms with van der Waals surface area (Å²) in [5.74, 6) is -0.299. The van der Waals surface area contributed by atoms with Crippen LogP contribution in [0.15, 0.2) is 65.0 Å². The van der Waals surface area contributed by atoms with Crippen LogP contribution in [0.3, 0.4) is 0 Å². The largest absolute Gasteiger partial charge is 0.493 e. The molecule has 2 aliphatic carbocycles. The first-order chi connectivity index (χ1) is 20.3. The lowest BCUT2D eigenvalue weighted by molar-refractivity contribution is -0.119. The summed E-state index contributed by atoms with van der Waals surface area (Å²) in [7, 11) is 3.24. The van der Waals surface area contributed by atoms with E-state index in [-0.39, 0.29) is 34.6 Å². The number of hydrogen-bond acceptors (Lipinski definition) is 7. The molecule has 0 saturated carbocycles. The lowest BCUT2D eigenvalue weighted by Gasteiger charge is -2.49. The highest BCUT2D eigenvalue weighted by Gasteiger charge is 2.49. The number of ether oxygens (including phenoxy) is 3. The zero-order valence-electron chi connectivity index (χ0n) is 25.9. The number of methoxy groups -OCH3 is 2. The second-order valence-corrected chi connectivity index (χ2v) is 13.4. The number of hydrogen-bond donors (Lipinski definition) is 1. The lowest BCUT2D eigenvalue weighted by Crippen LogP contribution is -2.45. The van der Waals surface area contributed by atoms with Crippen molar-refractivity contribution in [3.63, 3.8) is 0 Å². The average Bonchev–Trinajstić information content (AvgIpc) is 2.93. The maximum atomic E-state index is 14.0. The Bertz CT molecular complexity index is 1460. The summed E-state index contributed by atoms with van der Waals surface area (Å²) in [4.78, 5) is 41.3. The number of Topliss-reactive ketones (excluding diaryl/α,β-unsaturated/α-hetero) is 2. The first-order valence-corrected chi connectivity index (χ1v) is 14.8. The fourth-order valence-electron chi connectivity index (χ4n) is 6.72. The molecule has 228 valence electrons. The van der Waals surface area contributed by atoms with Crippen LogP contribution in [0.4, 0.5) is 0 Å². The van der Waals surface area contributed by atoms with Crippen LogP contribution in [0, 0.1) is 10.8 Å². The minimum absolute atomic E-state index is 0.0759. The molecule has 3 aliphatic rings. The van der Waals surface area contributed by atoms with Crippen molar-refractivity contribution in [2.75, 3.05) is 27.4 Å². The minimum Gasteiger partial charge on any atom is -0.493 e. The monoisotopic (exact) mass is 587 g/mol. The molecule has 0 unspecified atom stereocenters. The summed E-state index contributed by atoms with van der Waals surface area (Å²) in [5, 5.41) is 9.16. The number of carboxylic acid groups (broad SMARTS) is 1. The van der Waals surface area contributed by atoms with Crippen molar-refractivity contribution >= 4 is 17.5 Å². The smallest absolute Gasteiger partial charge is 0.335 e. The SMILES string of the molecule is COCCN1C2=C(C(=O)CC(C)(C)C2)C(c2ccc(OCc3ccc(C(=O)O)cc3)c(OC)c2)C2=C1CC(C)(C)CC2=O. The molecule has 43 heavy (non-hydrogen) atoms. The highest BCUT2D eigenvalue weighted by atomic mass is 16.5. The molecule has 0 fully saturated rings. The van der Waals surface area contributed by atoms with Crippen LogP contribution in [0.5, 0.6) is 11.5 Å². The molecule has 2 aromatic carbocycles. The Kier molecular flexibility index (Phi) is 8.27. The molecule has 0 amide bonds. The van der Waals surface area contributed by atoms with Gasteiger partial charge in [0.1, 0.15) is 6.61 Å². The number of carboxylic acids is 1. The number of benzene rings is 2. The highest BCUT2D eigenvalue weighted by molar-refractivity contribution is 6.06. The Balaban J connectivity index is 1.57. The first-order valence-electron chi connectivity index (χ1n) is 14.8. The summed E-state index contributed by atoms with van der Waals surface area (Å²) in [6.07, 6.45) is 2.31. The van der Waals surface area contributed by atoms with Gasteiger partial charge in [-0.25, -0.2) is 4.79 Å². The first kappa shape index (κ1) is 30.5. The van der Waals surface area contributed by atoms with Crippen LogP contribution < -0.4 is 9.47 Å². The van der Waals surface area contributed by atoms with Gasteiger partial charge in [0.15, 0.2) is 23.1 Å². The molecule has 1 N–H and O–H groups in total. The molecular weight excluding hydrogens is 546 g/mol. The molecule has 2 aromatic rings. The third-order valence-electron chi connectivity index (χ3n) is 8.66. The van der Waals surface area contributed by atoms with E-state index in [1.807, 2.05) is 18.2 Å². The molecule has 1 aliphatic heterocycles. The van der Waals surface area contributed by atoms with Gasteiger partial charge in [-0.15, -0.1) is 0 Å². The van der Waals surface area contributed by atoms with E-state index < -0.39 is 11.9 Å². The second kappa shape index (κ2) is 11.6. The average molecular weight is 588 g/mol. The molecule has 5 rings (SSSR count). The van der Waals surface area contributed by atoms with Gasteiger partial charge in [-0.05, 0) is 59.1 Å². The predicted molar refractivity (Wildman–Crippen MR) is 162 cm³/mol. The molecule has 0 spiro atoms. The third-order valence-corrected chi connectivity index (χ3v) is 8.66. The molecule has 0 aromatic heterocycles. The Morgan fingerprint density at radius 3 is 1.95 bits per heavy atom. The Hall–Kier alpha value is -3.91. The lowest BCUT2D eigenvalue weighted by atomic mass is 9.63. The molecule has 8 heteroatoms. The molecule has 0 bridgehead atoms. The van der Waals surface area contributed by atoms with E-state index in [2.05, 4.69) is 32.6 Å². The highest BCUT2D eigenvalue weighted by Crippen LogP contribution is 2.54. The molecule has 1 heterocycles. The van der Waals surface area contributed by atoms with Crippen LogP contribution in [-0.4, -0.2) is 54.9 Å². The zero-order chi connectivity index (χ0) is 31.1. The summed E-state index contributed by atoms with van der Waals surface area (Å²) in [5.41, 5.74) is 4.85. The summed E-state index contributed by atoms with van der Waals surface area (Å²) in [6, 6.07) is 12.2. The maximum Gasteiger partial charge on any atom is 0.335 e. The minimum atomic E-state index is -0.981. The van der Waals surface area contributed by atoms with Gasteiger partial charge in [-0.2, -0.15) is 0 Å². The Morgan fingerprint density at radius 2 is 1.44 bits per heavy atom. The topological polar surface area (TPSA) is 102 Å². The number of carbonyl (C=O) groups is 3. The van der Waals surface area contributed by atoms with Gasteiger partial charge in [0.2, 0.25) is 0 Å². The van der Waals surface area contributed by atoms with Crippen LogP contribution >= 0.6 is 0 Å². The molecule has 0 atom stereocenters. The summed E-state index contributed by atoms with van der Waals surface area (Å²) >= 11 is 0. The van der Waals surface area contributed by atoms with Crippen LogP contribution in [0.2, 0.25) is 0 Å². The fraction of sp³-hybridized carbons (Fsp3) is 0.457. The van der Waals surface area contributed by atoms with Crippen molar-refractivity contribution in [2.24, 2.45) is 10.8 Å². The number of nitrogens with zero attached hydrogens (tertiary/aromatic N) is 1. The van der Waals surface area contributed by atoms with E-state index >= 15 is 0 Å². The number of ketones is 2. The number of aromatic carboxylic acids is 1. The zero-order valence-corrected chi connectivity index (χ0v) is 25.9. The van der Waals surface area contributed by atoms with Crippen molar-refractivity contribution in [1.29, 1.82) is 0 Å². The van der Waals surface area contributed by atoms with E-state index in [0.717, 1.165) is 35.4 Å². The fourth-order valence-corrected chi connectivity index (χ4v) is 6.72. The summed E-state index contributed by atoms with van der Waals surface area (Å²) < 4.78 is 17.3. The van der Waals surface area contributed by atoms with E-state index in [9.17, 15) is 14.4 Å². The van der Waals surface area contributed by atoms with E-state index in [1.165, 1.54) is 0 Å². The van der Waals surface area contributed by atoms with Gasteiger partial charge in [0.05, 0.1) is 19.3 Å². The van der Waals surface area contributed by atoms with Crippen molar-refractivity contribution < 1.29 is 33.7 Å². The number of rotatable bonds is 9. The third kappa shape index (κ3) is 6.11. The van der Waals surface area contributed by atoms with Gasteiger partial charge in [0.25, 0.3) is 0 Å². The molecule has 0 radical (unpaired) electrons. The van der Waals surface area contributed by atoms with Gasteiger partial charge in [-0.1, -0.05) is 45.9 Å².